The van der Waals surface area contributed by atoms with E-state index >= 15 is 0 Å². The second-order valence-electron chi connectivity index (χ2n) is 4.67. The minimum atomic E-state index is 0.313. The first-order valence-electron chi connectivity index (χ1n) is 5.89. The molecule has 1 aromatic rings. The maximum atomic E-state index is 6.01. The third kappa shape index (κ3) is 2.05. The lowest BCUT2D eigenvalue weighted by molar-refractivity contribution is 0.0941. The Labute approximate surface area is 105 Å². The smallest absolute Gasteiger partial charge is 0.150 e. The molecule has 0 radical (unpaired) electrons. The number of aromatic nitrogens is 2. The van der Waals surface area contributed by atoms with Crippen LogP contribution in [0.3, 0.4) is 0 Å². The summed E-state index contributed by atoms with van der Waals surface area (Å²) in [6.07, 6.45) is 5.82. The predicted octanol–water partition coefficient (Wildman–Crippen LogP) is 1.69. The van der Waals surface area contributed by atoms with Crippen molar-refractivity contribution in [2.24, 2.45) is 5.92 Å². The number of nitrogens with zero attached hydrogens (tertiary/aromatic N) is 2. The van der Waals surface area contributed by atoms with E-state index in [1.165, 1.54) is 19.2 Å². The Morgan fingerprint density at radius 2 is 2.35 bits per heavy atom. The van der Waals surface area contributed by atoms with Crippen molar-refractivity contribution in [2.45, 2.75) is 31.5 Å². The van der Waals surface area contributed by atoms with Gasteiger partial charge in [0.15, 0.2) is 0 Å². The normalized spacial score (nSPS) is 30.8. The fraction of sp³-hybridized carbons (Fsp3) is 0.636. The largest absolute Gasteiger partial charge is 0.382 e. The number of hydrogen-bond donors (Lipinski definition) is 2. The summed E-state index contributed by atoms with van der Waals surface area (Å²) in [5, 5.41) is 3.64. The van der Waals surface area contributed by atoms with Crippen molar-refractivity contribution in [1.82, 2.24) is 9.97 Å². The highest BCUT2D eigenvalue weighted by Gasteiger charge is 2.40. The standard InChI is InChI=1S/C11H15ClN4O/c12-9-10(13)15-5-16-11(9)14-4-6-3-7-1-2-8(6)17-7/h5-8H,1-4H2,(H3,13,14,15,16). The minimum absolute atomic E-state index is 0.313. The number of nitrogen functional groups attached to an aromatic ring is 1. The van der Waals surface area contributed by atoms with Gasteiger partial charge in [-0.15, -0.1) is 0 Å². The quantitative estimate of drug-likeness (QED) is 0.859. The molecule has 2 bridgehead atoms. The van der Waals surface area contributed by atoms with Crippen LogP contribution < -0.4 is 11.1 Å². The summed E-state index contributed by atoms with van der Waals surface area (Å²) in [7, 11) is 0. The van der Waals surface area contributed by atoms with Gasteiger partial charge in [0, 0.05) is 12.5 Å². The number of anilines is 2. The Morgan fingerprint density at radius 3 is 3.06 bits per heavy atom. The van der Waals surface area contributed by atoms with Crippen LogP contribution in [0.25, 0.3) is 0 Å². The van der Waals surface area contributed by atoms with Crippen LogP contribution in [0.4, 0.5) is 11.6 Å². The zero-order valence-electron chi connectivity index (χ0n) is 9.40. The highest BCUT2D eigenvalue weighted by Crippen LogP contribution is 2.38. The first-order chi connectivity index (χ1) is 8.24. The van der Waals surface area contributed by atoms with Gasteiger partial charge in [0.25, 0.3) is 0 Å². The first kappa shape index (κ1) is 11.0. The predicted molar refractivity (Wildman–Crippen MR) is 65.9 cm³/mol. The van der Waals surface area contributed by atoms with Crippen molar-refractivity contribution in [1.29, 1.82) is 0 Å². The Morgan fingerprint density at radius 1 is 1.47 bits per heavy atom. The summed E-state index contributed by atoms with van der Waals surface area (Å²) in [6, 6.07) is 0. The number of fused-ring (bicyclic) bond motifs is 2. The molecule has 3 rings (SSSR count). The van der Waals surface area contributed by atoms with Crippen LogP contribution in [0.1, 0.15) is 19.3 Å². The molecule has 1 aromatic heterocycles. The molecule has 5 nitrogen and oxygen atoms in total. The van der Waals surface area contributed by atoms with Gasteiger partial charge in [-0.25, -0.2) is 9.97 Å². The molecule has 3 atom stereocenters. The van der Waals surface area contributed by atoms with Crippen LogP contribution in [-0.4, -0.2) is 28.7 Å². The summed E-state index contributed by atoms with van der Waals surface area (Å²) in [5.41, 5.74) is 5.62. The minimum Gasteiger partial charge on any atom is -0.382 e. The summed E-state index contributed by atoms with van der Waals surface area (Å²) < 4.78 is 5.80. The third-order valence-corrected chi connectivity index (χ3v) is 3.95. The van der Waals surface area contributed by atoms with E-state index in [2.05, 4.69) is 15.3 Å². The van der Waals surface area contributed by atoms with Gasteiger partial charge in [-0.05, 0) is 19.3 Å². The number of ether oxygens (including phenoxy) is 1. The number of nitrogens with two attached hydrogens (primary N) is 1. The Bertz CT molecular complexity index is 428. The molecule has 2 aliphatic heterocycles. The molecule has 17 heavy (non-hydrogen) atoms. The van der Waals surface area contributed by atoms with E-state index in [1.54, 1.807) is 0 Å². The lowest BCUT2D eigenvalue weighted by Gasteiger charge is -2.19. The summed E-state index contributed by atoms with van der Waals surface area (Å²) >= 11 is 6.01. The molecule has 0 saturated carbocycles. The molecule has 2 saturated heterocycles. The molecule has 0 amide bonds. The fourth-order valence-electron chi connectivity index (χ4n) is 2.69. The van der Waals surface area contributed by atoms with E-state index in [0.717, 1.165) is 13.0 Å². The molecule has 0 aromatic carbocycles. The fourth-order valence-corrected chi connectivity index (χ4v) is 2.86. The molecular formula is C11H15ClN4O. The van der Waals surface area contributed by atoms with Gasteiger partial charge in [0.05, 0.1) is 12.2 Å². The number of halogens is 1. The third-order valence-electron chi connectivity index (χ3n) is 3.58. The first-order valence-corrected chi connectivity index (χ1v) is 6.27. The zero-order chi connectivity index (χ0) is 11.8. The summed E-state index contributed by atoms with van der Waals surface area (Å²) in [6.45, 7) is 0.831. The second kappa shape index (κ2) is 4.31. The lowest BCUT2D eigenvalue weighted by atomic mass is 9.89. The maximum Gasteiger partial charge on any atom is 0.150 e. The summed E-state index contributed by atoms with van der Waals surface area (Å²) in [5.74, 6) is 1.48. The monoisotopic (exact) mass is 254 g/mol. The number of hydrogen-bond acceptors (Lipinski definition) is 5. The molecule has 0 spiro atoms. The number of nitrogens with one attached hydrogen (secondary N) is 1. The highest BCUT2D eigenvalue weighted by molar-refractivity contribution is 6.35. The molecule has 92 valence electrons. The van der Waals surface area contributed by atoms with Gasteiger partial charge in [-0.2, -0.15) is 0 Å². The zero-order valence-corrected chi connectivity index (χ0v) is 10.2. The second-order valence-corrected chi connectivity index (χ2v) is 5.05. The molecule has 0 aliphatic carbocycles. The Hall–Kier alpha value is -1.07. The van der Waals surface area contributed by atoms with Crippen LogP contribution in [-0.2, 0) is 4.74 Å². The van der Waals surface area contributed by atoms with Crippen molar-refractivity contribution < 1.29 is 4.74 Å². The average molecular weight is 255 g/mol. The van der Waals surface area contributed by atoms with Crippen molar-refractivity contribution in [2.75, 3.05) is 17.6 Å². The van der Waals surface area contributed by atoms with Crippen molar-refractivity contribution in [3.8, 4) is 0 Å². The highest BCUT2D eigenvalue weighted by atomic mass is 35.5. The van der Waals surface area contributed by atoms with E-state index in [4.69, 9.17) is 22.1 Å². The molecule has 2 aliphatic rings. The topological polar surface area (TPSA) is 73.1 Å². The summed E-state index contributed by atoms with van der Waals surface area (Å²) in [4.78, 5) is 7.91. The van der Waals surface area contributed by atoms with Gasteiger partial charge >= 0.3 is 0 Å². The van der Waals surface area contributed by atoms with Crippen LogP contribution in [0.5, 0.6) is 0 Å². The SMILES string of the molecule is Nc1ncnc(NCC2CC3CCC2O3)c1Cl. The Balaban J connectivity index is 1.62. The molecule has 3 N–H and O–H groups in total. The van der Waals surface area contributed by atoms with Crippen molar-refractivity contribution >= 4 is 23.2 Å². The van der Waals surface area contributed by atoms with Crippen molar-refractivity contribution in [3.63, 3.8) is 0 Å². The average Bonchev–Trinajstić information content (AvgIpc) is 2.93. The van der Waals surface area contributed by atoms with E-state index in [-0.39, 0.29) is 0 Å². The van der Waals surface area contributed by atoms with Gasteiger partial charge < -0.3 is 15.8 Å². The molecule has 2 fully saturated rings. The van der Waals surface area contributed by atoms with Crippen LogP contribution >= 0.6 is 11.6 Å². The van der Waals surface area contributed by atoms with Crippen molar-refractivity contribution in [3.05, 3.63) is 11.3 Å². The molecule has 6 heteroatoms. The van der Waals surface area contributed by atoms with Gasteiger partial charge in [-0.1, -0.05) is 11.6 Å². The van der Waals surface area contributed by atoms with Crippen LogP contribution in [0.2, 0.25) is 5.02 Å². The molecule has 3 unspecified atom stereocenters. The lowest BCUT2D eigenvalue weighted by Crippen LogP contribution is -2.24. The van der Waals surface area contributed by atoms with E-state index in [0.29, 0.717) is 34.8 Å². The molecular weight excluding hydrogens is 240 g/mol. The van der Waals surface area contributed by atoms with E-state index in [9.17, 15) is 0 Å². The van der Waals surface area contributed by atoms with Gasteiger partial charge in [0.1, 0.15) is 23.0 Å². The van der Waals surface area contributed by atoms with Crippen LogP contribution in [0.15, 0.2) is 6.33 Å². The van der Waals surface area contributed by atoms with Gasteiger partial charge in [-0.3, -0.25) is 0 Å². The van der Waals surface area contributed by atoms with Gasteiger partial charge in [0.2, 0.25) is 0 Å². The van der Waals surface area contributed by atoms with E-state index in [1.807, 2.05) is 0 Å². The van der Waals surface area contributed by atoms with Crippen LogP contribution in [0, 0.1) is 5.92 Å². The molecule has 3 heterocycles. The van der Waals surface area contributed by atoms with E-state index < -0.39 is 0 Å². The Kier molecular flexibility index (Phi) is 2.80. The number of rotatable bonds is 3. The maximum absolute atomic E-state index is 6.01.